The maximum atomic E-state index is 5.97. The second kappa shape index (κ2) is 7.25. The fourth-order valence-electron chi connectivity index (χ4n) is 2.02. The summed E-state index contributed by atoms with van der Waals surface area (Å²) in [5.41, 5.74) is 9.59. The topological polar surface area (TPSA) is 26.0 Å². The molecule has 0 aliphatic rings. The van der Waals surface area contributed by atoms with Gasteiger partial charge in [-0.25, -0.2) is 0 Å². The lowest BCUT2D eigenvalue weighted by molar-refractivity contribution is 0.802. The van der Waals surface area contributed by atoms with E-state index in [9.17, 15) is 0 Å². The fraction of sp³-hybridized carbons (Fsp3) is 0.294. The quantitative estimate of drug-likeness (QED) is 0.468. The van der Waals surface area contributed by atoms with Gasteiger partial charge in [-0.1, -0.05) is 36.4 Å². The molecule has 1 nitrogen and oxygen atoms in total. The highest BCUT2D eigenvalue weighted by Crippen LogP contribution is 2.26. The molecule has 0 heterocycles. The van der Waals surface area contributed by atoms with Crippen molar-refractivity contribution < 1.29 is 0 Å². The molecular formula is C17H21NS. The van der Waals surface area contributed by atoms with E-state index >= 15 is 0 Å². The van der Waals surface area contributed by atoms with Crippen molar-refractivity contribution in [2.24, 2.45) is 0 Å². The molecule has 19 heavy (non-hydrogen) atoms. The molecule has 2 rings (SSSR count). The zero-order chi connectivity index (χ0) is 13.5. The van der Waals surface area contributed by atoms with Gasteiger partial charge in [-0.15, -0.1) is 11.8 Å². The Morgan fingerprint density at radius 3 is 2.58 bits per heavy atom. The minimum atomic E-state index is 0.902. The van der Waals surface area contributed by atoms with Crippen LogP contribution in [0.5, 0.6) is 0 Å². The first kappa shape index (κ1) is 14.0. The second-order valence-corrected chi connectivity index (χ2v) is 5.97. The Labute approximate surface area is 120 Å². The van der Waals surface area contributed by atoms with Crippen molar-refractivity contribution in [1.29, 1.82) is 0 Å². The maximum absolute atomic E-state index is 5.97. The number of nitrogen functional groups attached to an aromatic ring is 1. The zero-order valence-electron chi connectivity index (χ0n) is 11.4. The van der Waals surface area contributed by atoms with Crippen LogP contribution in [0.1, 0.15) is 24.0 Å². The van der Waals surface area contributed by atoms with E-state index in [1.165, 1.54) is 35.3 Å². The molecule has 0 radical (unpaired) electrons. The third-order valence-electron chi connectivity index (χ3n) is 3.13. The van der Waals surface area contributed by atoms with Crippen LogP contribution in [-0.2, 0) is 6.42 Å². The van der Waals surface area contributed by atoms with Crippen LogP contribution in [0.15, 0.2) is 53.4 Å². The Balaban J connectivity index is 1.71. The van der Waals surface area contributed by atoms with Crippen LogP contribution in [0.3, 0.4) is 0 Å². The van der Waals surface area contributed by atoms with Crippen LogP contribution in [-0.4, -0.2) is 5.75 Å². The van der Waals surface area contributed by atoms with Crippen LogP contribution in [0.4, 0.5) is 5.69 Å². The van der Waals surface area contributed by atoms with Gasteiger partial charge in [0.15, 0.2) is 0 Å². The van der Waals surface area contributed by atoms with Crippen molar-refractivity contribution in [1.82, 2.24) is 0 Å². The average molecular weight is 271 g/mol. The van der Waals surface area contributed by atoms with Gasteiger partial charge in [0.25, 0.3) is 0 Å². The Bertz CT molecular complexity index is 508. The van der Waals surface area contributed by atoms with E-state index in [4.69, 9.17) is 5.73 Å². The Kier molecular flexibility index (Phi) is 5.34. The summed E-state index contributed by atoms with van der Waals surface area (Å²) in [6.07, 6.45) is 3.64. The molecule has 0 saturated carbocycles. The molecule has 0 saturated heterocycles. The summed E-state index contributed by atoms with van der Waals surface area (Å²) >= 11 is 1.87. The van der Waals surface area contributed by atoms with Crippen LogP contribution < -0.4 is 5.73 Å². The molecule has 0 aromatic heterocycles. The van der Waals surface area contributed by atoms with E-state index in [0.717, 1.165) is 11.4 Å². The number of benzene rings is 2. The van der Waals surface area contributed by atoms with E-state index < -0.39 is 0 Å². The van der Waals surface area contributed by atoms with Crippen molar-refractivity contribution in [2.75, 3.05) is 11.5 Å². The minimum absolute atomic E-state index is 0.902. The van der Waals surface area contributed by atoms with Crippen molar-refractivity contribution in [2.45, 2.75) is 31.1 Å². The maximum Gasteiger partial charge on any atom is 0.0452 e. The van der Waals surface area contributed by atoms with E-state index in [1.54, 1.807) is 0 Å². The lowest BCUT2D eigenvalue weighted by Crippen LogP contribution is -1.91. The Morgan fingerprint density at radius 1 is 1.00 bits per heavy atom. The van der Waals surface area contributed by atoms with Crippen molar-refractivity contribution in [3.05, 3.63) is 59.7 Å². The molecule has 0 aliphatic heterocycles. The number of rotatable bonds is 6. The second-order valence-electron chi connectivity index (χ2n) is 4.83. The Morgan fingerprint density at radius 2 is 1.79 bits per heavy atom. The first-order valence-corrected chi connectivity index (χ1v) is 7.77. The first-order valence-electron chi connectivity index (χ1n) is 6.78. The predicted octanol–water partition coefficient (Wildman–Crippen LogP) is 4.69. The largest absolute Gasteiger partial charge is 0.398 e. The lowest BCUT2D eigenvalue weighted by atomic mass is 10.1. The van der Waals surface area contributed by atoms with Crippen molar-refractivity contribution in [3.63, 3.8) is 0 Å². The lowest BCUT2D eigenvalue weighted by Gasteiger charge is -2.06. The third kappa shape index (κ3) is 4.64. The van der Waals surface area contributed by atoms with Gasteiger partial charge in [0, 0.05) is 10.6 Å². The number of anilines is 1. The molecule has 0 spiro atoms. The smallest absolute Gasteiger partial charge is 0.0452 e. The number of nitrogens with two attached hydrogens (primary N) is 1. The zero-order valence-corrected chi connectivity index (χ0v) is 12.2. The van der Waals surface area contributed by atoms with E-state index in [2.05, 4.69) is 49.4 Å². The van der Waals surface area contributed by atoms with Crippen LogP contribution >= 0.6 is 11.8 Å². The normalized spacial score (nSPS) is 10.6. The molecule has 2 heteroatoms. The van der Waals surface area contributed by atoms with Gasteiger partial charge >= 0.3 is 0 Å². The van der Waals surface area contributed by atoms with Crippen LogP contribution in [0.25, 0.3) is 0 Å². The van der Waals surface area contributed by atoms with Crippen molar-refractivity contribution in [3.8, 4) is 0 Å². The summed E-state index contributed by atoms with van der Waals surface area (Å²) in [5, 5.41) is 0. The average Bonchev–Trinajstić information content (AvgIpc) is 2.43. The van der Waals surface area contributed by atoms with Gasteiger partial charge in [-0.2, -0.15) is 0 Å². The highest BCUT2D eigenvalue weighted by molar-refractivity contribution is 7.99. The van der Waals surface area contributed by atoms with Gasteiger partial charge in [0.2, 0.25) is 0 Å². The van der Waals surface area contributed by atoms with Crippen LogP contribution in [0, 0.1) is 6.92 Å². The molecule has 0 fully saturated rings. The summed E-state index contributed by atoms with van der Waals surface area (Å²) in [4.78, 5) is 1.22. The molecule has 100 valence electrons. The molecule has 0 bridgehead atoms. The van der Waals surface area contributed by atoms with Gasteiger partial charge in [0.1, 0.15) is 0 Å². The summed E-state index contributed by atoms with van der Waals surface area (Å²) in [7, 11) is 0. The molecule has 2 aromatic rings. The summed E-state index contributed by atoms with van der Waals surface area (Å²) in [5.74, 6) is 1.14. The molecule has 0 unspecified atom stereocenters. The van der Waals surface area contributed by atoms with Crippen molar-refractivity contribution >= 4 is 17.4 Å². The first-order chi connectivity index (χ1) is 9.25. The summed E-state index contributed by atoms with van der Waals surface area (Å²) in [6.45, 7) is 2.11. The van der Waals surface area contributed by atoms with Crippen LogP contribution in [0.2, 0.25) is 0 Å². The summed E-state index contributed by atoms with van der Waals surface area (Å²) in [6, 6.07) is 16.9. The fourth-order valence-corrected chi connectivity index (χ4v) is 3.10. The number of hydrogen-bond donors (Lipinski definition) is 1. The number of hydrogen-bond acceptors (Lipinski definition) is 2. The van der Waals surface area contributed by atoms with Gasteiger partial charge in [0.05, 0.1) is 0 Å². The SMILES string of the molecule is Cc1ccc(N)c(SCCCCc2ccccc2)c1. The summed E-state index contributed by atoms with van der Waals surface area (Å²) < 4.78 is 0. The van der Waals surface area contributed by atoms with E-state index in [-0.39, 0.29) is 0 Å². The molecular weight excluding hydrogens is 250 g/mol. The standard InChI is InChI=1S/C17H21NS/c1-14-10-11-16(18)17(13-14)19-12-6-5-9-15-7-3-2-4-8-15/h2-4,7-8,10-11,13H,5-6,9,12,18H2,1H3. The van der Waals surface area contributed by atoms with Gasteiger partial charge in [-0.05, 0) is 55.2 Å². The highest BCUT2D eigenvalue weighted by Gasteiger charge is 2.00. The predicted molar refractivity (Wildman–Crippen MR) is 85.7 cm³/mol. The minimum Gasteiger partial charge on any atom is -0.398 e. The number of thioether (sulfide) groups is 1. The molecule has 0 atom stereocenters. The molecule has 2 N–H and O–H groups in total. The Hall–Kier alpha value is -1.41. The third-order valence-corrected chi connectivity index (χ3v) is 4.29. The van der Waals surface area contributed by atoms with Gasteiger partial charge in [-0.3, -0.25) is 0 Å². The molecule has 0 aliphatic carbocycles. The van der Waals surface area contributed by atoms with E-state index in [1.807, 2.05) is 17.8 Å². The highest BCUT2D eigenvalue weighted by atomic mass is 32.2. The van der Waals surface area contributed by atoms with E-state index in [0.29, 0.717) is 0 Å². The monoisotopic (exact) mass is 271 g/mol. The number of unbranched alkanes of at least 4 members (excludes halogenated alkanes) is 1. The molecule has 0 amide bonds. The molecule has 2 aromatic carbocycles. The number of aryl methyl sites for hydroxylation is 2. The van der Waals surface area contributed by atoms with Gasteiger partial charge < -0.3 is 5.73 Å².